The third kappa shape index (κ3) is 3.68. The van der Waals surface area contributed by atoms with E-state index in [1.54, 1.807) is 0 Å². The van der Waals surface area contributed by atoms with Crippen molar-refractivity contribution in [2.45, 2.75) is 32.5 Å². The first kappa shape index (κ1) is 18.7. The van der Waals surface area contributed by atoms with Crippen molar-refractivity contribution in [3.63, 3.8) is 0 Å². The average Bonchev–Trinajstić information content (AvgIpc) is 3.16. The number of rotatable bonds is 4. The van der Waals surface area contributed by atoms with Crippen LogP contribution in [0.15, 0.2) is 34.7 Å². The van der Waals surface area contributed by atoms with Gasteiger partial charge in [-0.05, 0) is 57.8 Å². The minimum atomic E-state index is -0.634. The zero-order valence-electron chi connectivity index (χ0n) is 16.6. The molecule has 28 heavy (non-hydrogen) atoms. The van der Waals surface area contributed by atoms with E-state index in [4.69, 9.17) is 4.42 Å². The summed E-state index contributed by atoms with van der Waals surface area (Å²) >= 11 is 0. The summed E-state index contributed by atoms with van der Waals surface area (Å²) in [6.07, 6.45) is 0.196. The van der Waals surface area contributed by atoms with Gasteiger partial charge in [0.25, 0.3) is 5.91 Å². The molecule has 1 aliphatic rings. The molecule has 0 saturated carbocycles. The third-order valence-corrected chi connectivity index (χ3v) is 5.09. The Balaban J connectivity index is 1.55. The number of likely N-dealkylation sites (N-methyl/N-ethyl adjacent to an activating group) is 1. The van der Waals surface area contributed by atoms with E-state index >= 15 is 0 Å². The summed E-state index contributed by atoms with van der Waals surface area (Å²) in [5.74, 6) is 0.841. The maximum absolute atomic E-state index is 13.1. The van der Waals surface area contributed by atoms with Crippen LogP contribution in [-0.2, 0) is 13.1 Å². The minimum absolute atomic E-state index is 0.00536. The van der Waals surface area contributed by atoms with E-state index < -0.39 is 6.10 Å². The Labute approximate surface area is 164 Å². The molecule has 1 amide bonds. The Morgan fingerprint density at radius 2 is 2.11 bits per heavy atom. The molecule has 4 rings (SSSR count). The molecule has 3 aromatic rings. The lowest BCUT2D eigenvalue weighted by Gasteiger charge is -2.20. The summed E-state index contributed by atoms with van der Waals surface area (Å²) in [5.41, 5.74) is 3.07. The first-order valence-corrected chi connectivity index (χ1v) is 9.59. The van der Waals surface area contributed by atoms with Crippen LogP contribution in [0.4, 0.5) is 0 Å². The number of carbonyl (C=O) groups is 1. The van der Waals surface area contributed by atoms with Crippen LogP contribution in [0.1, 0.15) is 40.0 Å². The van der Waals surface area contributed by atoms with Gasteiger partial charge in [0.05, 0.1) is 17.9 Å². The van der Waals surface area contributed by atoms with Gasteiger partial charge in [-0.2, -0.15) is 5.10 Å². The second-order valence-corrected chi connectivity index (χ2v) is 7.75. The number of benzene rings is 1. The van der Waals surface area contributed by atoms with Crippen molar-refractivity contribution < 1.29 is 14.3 Å². The van der Waals surface area contributed by atoms with Gasteiger partial charge in [-0.25, -0.2) is 0 Å². The lowest BCUT2D eigenvalue weighted by Crippen LogP contribution is -2.30. The summed E-state index contributed by atoms with van der Waals surface area (Å²) in [6, 6.07) is 9.43. The fraction of sp³-hybridized carbons (Fsp3) is 0.429. The van der Waals surface area contributed by atoms with Crippen molar-refractivity contribution in [3.8, 4) is 0 Å². The van der Waals surface area contributed by atoms with Crippen LogP contribution in [-0.4, -0.2) is 57.8 Å². The molecular weight excluding hydrogens is 356 g/mol. The number of fused-ring (bicyclic) bond motifs is 2. The number of aliphatic hydroxyl groups excluding tert-OH is 1. The number of amides is 1. The first-order valence-electron chi connectivity index (χ1n) is 9.59. The summed E-state index contributed by atoms with van der Waals surface area (Å²) in [6.45, 7) is 4.33. The van der Waals surface area contributed by atoms with Gasteiger partial charge in [0.2, 0.25) is 0 Å². The lowest BCUT2D eigenvalue weighted by atomic mass is 10.1. The van der Waals surface area contributed by atoms with Crippen molar-refractivity contribution in [3.05, 3.63) is 53.0 Å². The third-order valence-electron chi connectivity index (χ3n) is 5.09. The van der Waals surface area contributed by atoms with Gasteiger partial charge in [0.1, 0.15) is 17.4 Å². The molecule has 0 aliphatic carbocycles. The Hall–Kier alpha value is -2.64. The number of furan rings is 1. The molecule has 1 aliphatic heterocycles. The van der Waals surface area contributed by atoms with Crippen LogP contribution in [0.5, 0.6) is 0 Å². The van der Waals surface area contributed by atoms with E-state index in [0.29, 0.717) is 30.9 Å². The van der Waals surface area contributed by atoms with Gasteiger partial charge in [-0.3, -0.25) is 9.48 Å². The second kappa shape index (κ2) is 7.41. The van der Waals surface area contributed by atoms with E-state index in [1.165, 1.54) is 0 Å². The van der Waals surface area contributed by atoms with Gasteiger partial charge in [0, 0.05) is 30.6 Å². The predicted molar refractivity (Wildman–Crippen MR) is 106 cm³/mol. The van der Waals surface area contributed by atoms with Gasteiger partial charge in [-0.15, -0.1) is 0 Å². The number of aromatic nitrogens is 2. The number of hydrogen-bond donors (Lipinski definition) is 1. The Bertz CT molecular complexity index is 1000. The fourth-order valence-electron chi connectivity index (χ4n) is 3.75. The van der Waals surface area contributed by atoms with E-state index in [1.807, 2.05) is 65.8 Å². The largest absolute Gasteiger partial charge is 0.461 e. The zero-order chi connectivity index (χ0) is 19.8. The zero-order valence-corrected chi connectivity index (χ0v) is 16.6. The molecule has 0 fully saturated rings. The predicted octanol–water partition coefficient (Wildman–Crippen LogP) is 2.58. The highest BCUT2D eigenvalue weighted by molar-refractivity contribution is 5.97. The van der Waals surface area contributed by atoms with E-state index in [2.05, 4.69) is 5.10 Å². The molecule has 0 unspecified atom stereocenters. The van der Waals surface area contributed by atoms with Gasteiger partial charge < -0.3 is 19.3 Å². The average molecular weight is 382 g/mol. The number of nitrogens with zero attached hydrogens (tertiary/aromatic N) is 4. The summed E-state index contributed by atoms with van der Waals surface area (Å²) < 4.78 is 7.52. The molecule has 0 radical (unpaired) electrons. The Morgan fingerprint density at radius 1 is 1.29 bits per heavy atom. The summed E-state index contributed by atoms with van der Waals surface area (Å²) in [7, 11) is 3.84. The van der Waals surface area contributed by atoms with E-state index in [9.17, 15) is 9.90 Å². The van der Waals surface area contributed by atoms with Crippen molar-refractivity contribution >= 4 is 16.9 Å². The molecule has 3 heterocycles. The fourth-order valence-corrected chi connectivity index (χ4v) is 3.75. The maximum Gasteiger partial charge on any atom is 0.254 e. The quantitative estimate of drug-likeness (QED) is 0.751. The monoisotopic (exact) mass is 382 g/mol. The molecule has 0 spiro atoms. The molecule has 2 aromatic heterocycles. The highest BCUT2D eigenvalue weighted by Gasteiger charge is 2.24. The number of aryl methyl sites for hydroxylation is 2. The lowest BCUT2D eigenvalue weighted by molar-refractivity contribution is 0.0746. The summed E-state index contributed by atoms with van der Waals surface area (Å²) in [5, 5.41) is 15.9. The van der Waals surface area contributed by atoms with Crippen molar-refractivity contribution in [1.29, 1.82) is 0 Å². The second-order valence-electron chi connectivity index (χ2n) is 7.75. The molecule has 1 atom stereocenters. The normalized spacial score (nSPS) is 15.7. The first-order chi connectivity index (χ1) is 13.4. The maximum atomic E-state index is 13.1. The highest BCUT2D eigenvalue weighted by Crippen LogP contribution is 2.23. The van der Waals surface area contributed by atoms with Crippen LogP contribution < -0.4 is 0 Å². The van der Waals surface area contributed by atoms with Crippen LogP contribution >= 0.6 is 0 Å². The number of aliphatic hydroxyl groups is 1. The van der Waals surface area contributed by atoms with Crippen molar-refractivity contribution in [2.24, 2.45) is 0 Å². The number of carbonyl (C=O) groups excluding carboxylic acids is 1. The van der Waals surface area contributed by atoms with Crippen molar-refractivity contribution in [2.75, 3.05) is 27.2 Å². The summed E-state index contributed by atoms with van der Waals surface area (Å²) in [4.78, 5) is 16.9. The standard InChI is InChI=1S/C21H26N4O3/c1-14-9-16-10-15(5-6-20(16)28-14)21(27)24-7-4-8-25-17(12-24)11-18(22-25)19(26)13-23(2)3/h5-6,9-11,19,26H,4,7-8,12-13H2,1-3H3/t19-/m1/s1. The molecule has 0 saturated heterocycles. The smallest absolute Gasteiger partial charge is 0.254 e. The Kier molecular flexibility index (Phi) is 4.95. The van der Waals surface area contributed by atoms with Crippen LogP contribution in [0.2, 0.25) is 0 Å². The van der Waals surface area contributed by atoms with Gasteiger partial charge in [-0.1, -0.05) is 0 Å². The Morgan fingerprint density at radius 3 is 2.89 bits per heavy atom. The minimum Gasteiger partial charge on any atom is -0.461 e. The topological polar surface area (TPSA) is 74.7 Å². The molecular formula is C21H26N4O3. The SMILES string of the molecule is Cc1cc2cc(C(=O)N3CCCn4nc([C@H](O)CN(C)C)cc4C3)ccc2o1. The van der Waals surface area contributed by atoms with Crippen molar-refractivity contribution in [1.82, 2.24) is 19.6 Å². The molecule has 1 aromatic carbocycles. The van der Waals surface area contributed by atoms with E-state index in [-0.39, 0.29) is 5.91 Å². The van der Waals surface area contributed by atoms with E-state index in [0.717, 1.165) is 35.4 Å². The molecule has 0 bridgehead atoms. The van der Waals surface area contributed by atoms with Crippen LogP contribution in [0.25, 0.3) is 11.0 Å². The van der Waals surface area contributed by atoms with Gasteiger partial charge >= 0.3 is 0 Å². The van der Waals surface area contributed by atoms with Gasteiger partial charge in [0.15, 0.2) is 0 Å². The molecule has 1 N–H and O–H groups in total. The molecule has 148 valence electrons. The van der Waals surface area contributed by atoms with Crippen LogP contribution in [0, 0.1) is 6.92 Å². The highest BCUT2D eigenvalue weighted by atomic mass is 16.3. The molecule has 7 heteroatoms. The van der Waals surface area contributed by atoms with Crippen LogP contribution in [0.3, 0.4) is 0 Å². The number of hydrogen-bond acceptors (Lipinski definition) is 5. The molecule has 7 nitrogen and oxygen atoms in total.